The molecule has 3 aliphatic carbocycles. The van der Waals surface area contributed by atoms with Crippen LogP contribution >= 0.6 is 11.3 Å². The number of carbonyl (C=O) groups excluding carboxylic acids is 3. The van der Waals surface area contributed by atoms with E-state index in [4.69, 9.17) is 0 Å². The molecule has 0 aromatic carbocycles. The lowest BCUT2D eigenvalue weighted by Gasteiger charge is -2.24. The average Bonchev–Trinajstić information content (AvgIpc) is 3.69. The standard InChI is InChI=1S/C23H26N4O3S/c28-20(15-7-9-24-10-8-15)26-16-5-6-18-17(11-16)19(22(30)25-12-13-1-2-13)23(31-18)27-21(29)14-3-4-14/h7-10,13-14,16H,1-6,11-12H2,(H,25,30)(H,26,28)(H,27,29). The predicted molar refractivity (Wildman–Crippen MR) is 118 cm³/mol. The molecule has 3 N–H and O–H groups in total. The molecule has 2 aromatic rings. The van der Waals surface area contributed by atoms with Crippen LogP contribution in [0, 0.1) is 11.8 Å². The van der Waals surface area contributed by atoms with E-state index in [1.165, 1.54) is 11.3 Å². The number of aryl methyl sites for hydroxylation is 1. The minimum atomic E-state index is -0.131. The van der Waals surface area contributed by atoms with Gasteiger partial charge in [0.1, 0.15) is 5.00 Å². The normalized spacial score (nSPS) is 19.9. The molecule has 8 heteroatoms. The van der Waals surface area contributed by atoms with Crippen molar-refractivity contribution in [3.63, 3.8) is 0 Å². The lowest BCUT2D eigenvalue weighted by atomic mass is 9.91. The number of anilines is 1. The van der Waals surface area contributed by atoms with Crippen molar-refractivity contribution in [3.8, 4) is 0 Å². The largest absolute Gasteiger partial charge is 0.352 e. The number of hydrogen-bond acceptors (Lipinski definition) is 5. The number of thiophene rings is 1. The summed E-state index contributed by atoms with van der Waals surface area (Å²) in [6.07, 6.45) is 9.55. The van der Waals surface area contributed by atoms with E-state index in [0.717, 1.165) is 49.0 Å². The van der Waals surface area contributed by atoms with Gasteiger partial charge in [-0.1, -0.05) is 0 Å². The van der Waals surface area contributed by atoms with Gasteiger partial charge in [0.15, 0.2) is 0 Å². The van der Waals surface area contributed by atoms with Gasteiger partial charge in [0, 0.05) is 41.3 Å². The van der Waals surface area contributed by atoms with E-state index in [2.05, 4.69) is 20.9 Å². The van der Waals surface area contributed by atoms with E-state index in [9.17, 15) is 14.4 Å². The van der Waals surface area contributed by atoms with Gasteiger partial charge in [-0.2, -0.15) is 0 Å². The molecule has 1 atom stereocenters. The minimum absolute atomic E-state index is 0.0115. The molecular weight excluding hydrogens is 412 g/mol. The van der Waals surface area contributed by atoms with Gasteiger partial charge < -0.3 is 16.0 Å². The third kappa shape index (κ3) is 4.63. The van der Waals surface area contributed by atoms with Crippen molar-refractivity contribution in [3.05, 3.63) is 46.1 Å². The van der Waals surface area contributed by atoms with Crippen LogP contribution < -0.4 is 16.0 Å². The molecule has 7 nitrogen and oxygen atoms in total. The monoisotopic (exact) mass is 438 g/mol. The molecule has 2 aromatic heterocycles. The fraction of sp³-hybridized carbons (Fsp3) is 0.478. The zero-order valence-electron chi connectivity index (χ0n) is 17.3. The number of rotatable bonds is 7. The highest BCUT2D eigenvalue weighted by Gasteiger charge is 2.34. The Labute approximate surface area is 185 Å². The highest BCUT2D eigenvalue weighted by molar-refractivity contribution is 7.17. The summed E-state index contributed by atoms with van der Waals surface area (Å²) in [7, 11) is 0. The Morgan fingerprint density at radius 2 is 1.81 bits per heavy atom. The first kappa shape index (κ1) is 20.2. The Morgan fingerprint density at radius 3 is 2.52 bits per heavy atom. The average molecular weight is 439 g/mol. The molecular formula is C23H26N4O3S. The van der Waals surface area contributed by atoms with E-state index >= 15 is 0 Å². The topological polar surface area (TPSA) is 100 Å². The number of amides is 3. The van der Waals surface area contributed by atoms with Crippen molar-refractivity contribution in [1.82, 2.24) is 15.6 Å². The fourth-order valence-electron chi connectivity index (χ4n) is 4.01. The zero-order chi connectivity index (χ0) is 21.4. The van der Waals surface area contributed by atoms with Crippen molar-refractivity contribution in [1.29, 1.82) is 0 Å². The first-order chi connectivity index (χ1) is 15.1. The van der Waals surface area contributed by atoms with E-state index in [1.54, 1.807) is 24.5 Å². The number of hydrogen-bond donors (Lipinski definition) is 3. The van der Waals surface area contributed by atoms with Crippen LogP contribution in [-0.2, 0) is 17.6 Å². The second-order valence-electron chi connectivity index (χ2n) is 8.77. The van der Waals surface area contributed by atoms with Gasteiger partial charge in [-0.3, -0.25) is 19.4 Å². The van der Waals surface area contributed by atoms with Crippen LogP contribution in [0.2, 0.25) is 0 Å². The summed E-state index contributed by atoms with van der Waals surface area (Å²) in [5.74, 6) is 0.422. The summed E-state index contributed by atoms with van der Waals surface area (Å²) in [4.78, 5) is 43.2. The molecule has 0 aliphatic heterocycles. The molecule has 162 valence electrons. The van der Waals surface area contributed by atoms with Crippen LogP contribution in [-0.4, -0.2) is 35.3 Å². The van der Waals surface area contributed by atoms with E-state index in [0.29, 0.717) is 35.0 Å². The van der Waals surface area contributed by atoms with Gasteiger partial charge in [-0.25, -0.2) is 0 Å². The van der Waals surface area contributed by atoms with Crippen LogP contribution in [0.15, 0.2) is 24.5 Å². The number of aromatic nitrogens is 1. The van der Waals surface area contributed by atoms with Crippen LogP contribution in [0.3, 0.4) is 0 Å². The maximum Gasteiger partial charge on any atom is 0.254 e. The van der Waals surface area contributed by atoms with Gasteiger partial charge in [-0.15, -0.1) is 11.3 Å². The highest BCUT2D eigenvalue weighted by atomic mass is 32.1. The summed E-state index contributed by atoms with van der Waals surface area (Å²) in [5.41, 5.74) is 2.14. The third-order valence-corrected chi connectivity index (χ3v) is 7.41. The molecule has 5 rings (SSSR count). The Hall–Kier alpha value is -2.74. The summed E-state index contributed by atoms with van der Waals surface area (Å²) in [6, 6.07) is 3.33. The number of pyridine rings is 1. The van der Waals surface area contributed by atoms with Gasteiger partial charge >= 0.3 is 0 Å². The quantitative estimate of drug-likeness (QED) is 0.619. The zero-order valence-corrected chi connectivity index (χ0v) is 18.1. The molecule has 0 bridgehead atoms. The maximum absolute atomic E-state index is 13.1. The molecule has 1 unspecified atom stereocenters. The summed E-state index contributed by atoms with van der Waals surface area (Å²) < 4.78 is 0. The molecule has 0 saturated heterocycles. The number of carbonyl (C=O) groups is 3. The van der Waals surface area contributed by atoms with E-state index < -0.39 is 0 Å². The summed E-state index contributed by atoms with van der Waals surface area (Å²) in [5, 5.41) is 9.84. The van der Waals surface area contributed by atoms with Crippen molar-refractivity contribution in [2.45, 2.75) is 51.0 Å². The predicted octanol–water partition coefficient (Wildman–Crippen LogP) is 2.92. The van der Waals surface area contributed by atoms with Crippen molar-refractivity contribution < 1.29 is 14.4 Å². The van der Waals surface area contributed by atoms with Gasteiger partial charge in [0.2, 0.25) is 5.91 Å². The Morgan fingerprint density at radius 1 is 1.03 bits per heavy atom. The smallest absolute Gasteiger partial charge is 0.254 e. The number of fused-ring (bicyclic) bond motifs is 1. The van der Waals surface area contributed by atoms with Crippen LogP contribution in [0.5, 0.6) is 0 Å². The van der Waals surface area contributed by atoms with Gasteiger partial charge in [-0.05, 0) is 68.6 Å². The second-order valence-corrected chi connectivity index (χ2v) is 9.88. The van der Waals surface area contributed by atoms with Crippen LogP contribution in [0.1, 0.15) is 63.3 Å². The first-order valence-electron chi connectivity index (χ1n) is 11.0. The molecule has 2 fully saturated rings. The molecule has 2 saturated carbocycles. The maximum atomic E-state index is 13.1. The Bertz CT molecular complexity index is 1010. The molecule has 3 amide bonds. The number of nitrogens with zero attached hydrogens (tertiary/aromatic N) is 1. The SMILES string of the molecule is O=C(NC1CCc2sc(NC(=O)C3CC3)c(C(=O)NCC3CC3)c2C1)c1ccncc1. The molecule has 3 aliphatic rings. The van der Waals surface area contributed by atoms with Crippen molar-refractivity contribution in [2.24, 2.45) is 11.8 Å². The van der Waals surface area contributed by atoms with Crippen molar-refractivity contribution >= 4 is 34.1 Å². The van der Waals surface area contributed by atoms with Gasteiger partial charge in [0.05, 0.1) is 5.56 Å². The molecule has 31 heavy (non-hydrogen) atoms. The molecule has 0 radical (unpaired) electrons. The molecule has 2 heterocycles. The van der Waals surface area contributed by atoms with Crippen LogP contribution in [0.25, 0.3) is 0 Å². The second kappa shape index (κ2) is 8.42. The molecule has 0 spiro atoms. The minimum Gasteiger partial charge on any atom is -0.352 e. The fourth-order valence-corrected chi connectivity index (χ4v) is 5.26. The van der Waals surface area contributed by atoms with Crippen LogP contribution in [0.4, 0.5) is 5.00 Å². The van der Waals surface area contributed by atoms with Gasteiger partial charge in [0.25, 0.3) is 11.8 Å². The third-order valence-electron chi connectivity index (χ3n) is 6.20. The summed E-state index contributed by atoms with van der Waals surface area (Å²) in [6.45, 7) is 0.682. The van der Waals surface area contributed by atoms with E-state index in [-0.39, 0.29) is 29.7 Å². The highest BCUT2D eigenvalue weighted by Crippen LogP contribution is 2.40. The number of nitrogens with one attached hydrogen (secondary N) is 3. The lowest BCUT2D eigenvalue weighted by Crippen LogP contribution is -2.39. The first-order valence-corrected chi connectivity index (χ1v) is 11.8. The Balaban J connectivity index is 1.35. The van der Waals surface area contributed by atoms with Crippen molar-refractivity contribution in [2.75, 3.05) is 11.9 Å². The Kier molecular flexibility index (Phi) is 5.48. The lowest BCUT2D eigenvalue weighted by molar-refractivity contribution is -0.117. The van der Waals surface area contributed by atoms with E-state index in [1.807, 2.05) is 0 Å². The summed E-state index contributed by atoms with van der Waals surface area (Å²) >= 11 is 1.52.